The zero-order chi connectivity index (χ0) is 36.2. The van der Waals surface area contributed by atoms with Gasteiger partial charge >= 0.3 is 5.69 Å². The van der Waals surface area contributed by atoms with Crippen molar-refractivity contribution in [1.29, 1.82) is 0 Å². The summed E-state index contributed by atoms with van der Waals surface area (Å²) < 4.78 is 6.84. The highest BCUT2D eigenvalue weighted by Crippen LogP contribution is 2.35. The Balaban J connectivity index is 0.000000279. The van der Waals surface area contributed by atoms with Gasteiger partial charge in [-0.25, -0.2) is 14.8 Å². The molecule has 3 aromatic heterocycles. The molecular formula is C33H53N11O7. The van der Waals surface area contributed by atoms with E-state index in [0.717, 1.165) is 69.9 Å². The fraction of sp³-hybridized carbons (Fsp3) is 0.697. The molecule has 3 saturated heterocycles. The van der Waals surface area contributed by atoms with Crippen LogP contribution in [0.3, 0.4) is 0 Å². The first-order valence-corrected chi connectivity index (χ1v) is 18.0. The van der Waals surface area contributed by atoms with Crippen LogP contribution in [0.2, 0.25) is 0 Å². The maximum atomic E-state index is 11.5. The molecule has 6 heterocycles. The molecule has 282 valence electrons. The van der Waals surface area contributed by atoms with E-state index in [-0.39, 0.29) is 51.2 Å². The standard InChI is InChI=1S/C24H40N8O4.C9H13N3O3/c33-15-11-31(12-16-34)23-26-20-19(21(27-23)29-7-3-1-4-8-29)25-24(32(13-17-35)14-18-36)28-22(20)30-9-5-2-6-10-30;10-7-3-4-12(9(14)11-7)8-2-1-6(5-13)15-8/h33-36H,1-18H2;3-4,6,8,13H,1-2,5H2,(H2,10,11,14)/t;6-,8+/m.0/s1. The molecule has 0 bridgehead atoms. The number of fused-ring (bicyclic) bond motifs is 1. The van der Waals surface area contributed by atoms with E-state index < -0.39 is 5.69 Å². The molecule has 51 heavy (non-hydrogen) atoms. The van der Waals surface area contributed by atoms with E-state index in [2.05, 4.69) is 14.8 Å². The molecule has 18 heteroatoms. The fourth-order valence-electron chi connectivity index (χ4n) is 6.68. The molecule has 3 fully saturated rings. The summed E-state index contributed by atoms with van der Waals surface area (Å²) in [5.41, 5.74) is 6.26. The highest BCUT2D eigenvalue weighted by Gasteiger charge is 2.28. The van der Waals surface area contributed by atoms with Crippen LogP contribution < -0.4 is 31.0 Å². The number of aliphatic hydroxyl groups is 5. The second-order valence-electron chi connectivity index (χ2n) is 12.9. The van der Waals surface area contributed by atoms with Crippen LogP contribution in [0.15, 0.2) is 17.1 Å². The van der Waals surface area contributed by atoms with Gasteiger partial charge in [0.1, 0.15) is 23.1 Å². The van der Waals surface area contributed by atoms with E-state index in [1.54, 1.807) is 22.1 Å². The van der Waals surface area contributed by atoms with E-state index in [0.29, 0.717) is 55.5 Å². The largest absolute Gasteiger partial charge is 0.395 e. The van der Waals surface area contributed by atoms with Gasteiger partial charge in [0, 0.05) is 58.6 Å². The third kappa shape index (κ3) is 9.69. The Kier molecular flexibility index (Phi) is 14.3. The topological polar surface area (TPSA) is 236 Å². The minimum atomic E-state index is -0.418. The summed E-state index contributed by atoms with van der Waals surface area (Å²) in [7, 11) is 0. The minimum absolute atomic E-state index is 0.0202. The summed E-state index contributed by atoms with van der Waals surface area (Å²) in [6.07, 6.45) is 9.12. The summed E-state index contributed by atoms with van der Waals surface area (Å²) >= 11 is 0. The molecule has 3 aliphatic rings. The van der Waals surface area contributed by atoms with Gasteiger partial charge in [-0.05, 0) is 57.4 Å². The number of aromatic nitrogens is 6. The lowest BCUT2D eigenvalue weighted by atomic mass is 10.1. The summed E-state index contributed by atoms with van der Waals surface area (Å²) in [5.74, 6) is 2.55. The van der Waals surface area contributed by atoms with E-state index >= 15 is 0 Å². The number of rotatable bonds is 14. The van der Waals surface area contributed by atoms with Gasteiger partial charge in [-0.15, -0.1) is 0 Å². The number of piperidine rings is 2. The zero-order valence-corrected chi connectivity index (χ0v) is 29.3. The molecule has 6 rings (SSSR count). The van der Waals surface area contributed by atoms with Crippen LogP contribution in [-0.2, 0) is 4.74 Å². The normalized spacial score (nSPS) is 19.2. The average Bonchev–Trinajstić information content (AvgIpc) is 3.64. The molecule has 0 amide bonds. The monoisotopic (exact) mass is 715 g/mol. The minimum Gasteiger partial charge on any atom is -0.395 e. The SMILES string of the molecule is Nc1ccn([C@H]2CC[C@@H](CO)O2)c(=O)n1.OCCN(CCO)c1nc(N2CCCCC2)c2nc(N(CCO)CCO)nc(N3CCCCC3)c2n1. The van der Waals surface area contributed by atoms with E-state index in [9.17, 15) is 25.2 Å². The molecule has 18 nitrogen and oxygen atoms in total. The molecule has 0 radical (unpaired) electrons. The number of nitrogens with zero attached hydrogens (tertiary/aromatic N) is 10. The van der Waals surface area contributed by atoms with Crippen LogP contribution in [0.25, 0.3) is 11.0 Å². The first kappa shape index (κ1) is 38.3. The Bertz CT molecular complexity index is 1500. The van der Waals surface area contributed by atoms with Crippen LogP contribution in [0, 0.1) is 0 Å². The van der Waals surface area contributed by atoms with E-state index in [4.69, 9.17) is 35.5 Å². The van der Waals surface area contributed by atoms with Crippen LogP contribution in [-0.4, -0.2) is 147 Å². The Morgan fingerprint density at radius 1 is 0.686 bits per heavy atom. The molecule has 0 aliphatic carbocycles. The number of anilines is 5. The maximum Gasteiger partial charge on any atom is 0.351 e. The summed E-state index contributed by atoms with van der Waals surface area (Å²) in [5, 5.41) is 47.5. The number of hydrogen-bond donors (Lipinski definition) is 6. The predicted octanol–water partition coefficient (Wildman–Crippen LogP) is -0.522. The van der Waals surface area contributed by atoms with Gasteiger partial charge in [0.05, 0.1) is 39.1 Å². The average molecular weight is 716 g/mol. The van der Waals surface area contributed by atoms with Crippen LogP contribution in [0.1, 0.15) is 57.6 Å². The van der Waals surface area contributed by atoms with Gasteiger partial charge in [0.25, 0.3) is 0 Å². The van der Waals surface area contributed by atoms with Crippen molar-refractivity contribution in [3.05, 3.63) is 22.7 Å². The predicted molar refractivity (Wildman–Crippen MR) is 193 cm³/mol. The van der Waals surface area contributed by atoms with Crippen molar-refractivity contribution < 1.29 is 30.3 Å². The lowest BCUT2D eigenvalue weighted by molar-refractivity contribution is -0.0245. The quantitative estimate of drug-likeness (QED) is 0.123. The Hall–Kier alpha value is -3.94. The highest BCUT2D eigenvalue weighted by atomic mass is 16.5. The van der Waals surface area contributed by atoms with Gasteiger partial charge in [0.15, 0.2) is 11.6 Å². The summed E-state index contributed by atoms with van der Waals surface area (Å²) in [4.78, 5) is 42.8. The molecule has 0 aromatic carbocycles. The van der Waals surface area contributed by atoms with Crippen LogP contribution in [0.4, 0.5) is 29.4 Å². The van der Waals surface area contributed by atoms with Crippen molar-refractivity contribution in [3.63, 3.8) is 0 Å². The molecule has 0 spiro atoms. The lowest BCUT2D eigenvalue weighted by Gasteiger charge is -2.33. The number of nitrogen functional groups attached to an aromatic ring is 1. The Labute approximate surface area is 297 Å². The summed E-state index contributed by atoms with van der Waals surface area (Å²) in [6, 6.07) is 1.55. The smallest absolute Gasteiger partial charge is 0.351 e. The third-order valence-corrected chi connectivity index (χ3v) is 9.29. The van der Waals surface area contributed by atoms with Gasteiger partial charge < -0.3 is 55.6 Å². The van der Waals surface area contributed by atoms with Crippen molar-refractivity contribution in [1.82, 2.24) is 29.5 Å². The second kappa shape index (κ2) is 19.1. The van der Waals surface area contributed by atoms with E-state index in [1.807, 2.05) is 0 Å². The Morgan fingerprint density at radius 3 is 1.55 bits per heavy atom. The molecule has 3 aliphatic heterocycles. The van der Waals surface area contributed by atoms with Crippen molar-refractivity contribution in [2.75, 3.05) is 111 Å². The number of nitrogens with two attached hydrogens (primary N) is 1. The number of ether oxygens (including phenoxy) is 1. The Morgan fingerprint density at radius 2 is 1.16 bits per heavy atom. The second-order valence-corrected chi connectivity index (χ2v) is 12.9. The third-order valence-electron chi connectivity index (χ3n) is 9.29. The van der Waals surface area contributed by atoms with Crippen LogP contribution >= 0.6 is 0 Å². The van der Waals surface area contributed by atoms with Gasteiger partial charge in [0.2, 0.25) is 11.9 Å². The van der Waals surface area contributed by atoms with Crippen molar-refractivity contribution >= 4 is 40.4 Å². The molecule has 0 saturated carbocycles. The first-order chi connectivity index (χ1) is 24.9. The van der Waals surface area contributed by atoms with Gasteiger partial charge in [-0.2, -0.15) is 15.0 Å². The maximum absolute atomic E-state index is 11.5. The molecule has 7 N–H and O–H groups in total. The van der Waals surface area contributed by atoms with Crippen molar-refractivity contribution in [2.45, 2.75) is 63.7 Å². The van der Waals surface area contributed by atoms with Gasteiger partial charge in [-0.3, -0.25) is 4.57 Å². The van der Waals surface area contributed by atoms with Crippen LogP contribution in [0.5, 0.6) is 0 Å². The highest BCUT2D eigenvalue weighted by molar-refractivity contribution is 5.95. The van der Waals surface area contributed by atoms with Crippen molar-refractivity contribution in [2.24, 2.45) is 0 Å². The fourth-order valence-corrected chi connectivity index (χ4v) is 6.68. The number of hydrogen-bond acceptors (Lipinski definition) is 17. The molecule has 2 atom stereocenters. The van der Waals surface area contributed by atoms with E-state index in [1.165, 1.54) is 17.4 Å². The van der Waals surface area contributed by atoms with Crippen molar-refractivity contribution in [3.8, 4) is 0 Å². The molecular weight excluding hydrogens is 662 g/mol. The first-order valence-electron chi connectivity index (χ1n) is 18.0. The van der Waals surface area contributed by atoms with Gasteiger partial charge in [-0.1, -0.05) is 0 Å². The summed E-state index contributed by atoms with van der Waals surface area (Å²) in [6.45, 7) is 4.36. The number of aliphatic hydroxyl groups excluding tert-OH is 5. The molecule has 3 aromatic rings. The lowest BCUT2D eigenvalue weighted by Crippen LogP contribution is -2.36. The zero-order valence-electron chi connectivity index (χ0n) is 29.3. The molecule has 0 unspecified atom stereocenters.